The summed E-state index contributed by atoms with van der Waals surface area (Å²) in [5, 5.41) is 15.5. The summed E-state index contributed by atoms with van der Waals surface area (Å²) in [6.45, 7) is 3.77. The van der Waals surface area contributed by atoms with E-state index in [2.05, 4.69) is 15.2 Å². The normalized spacial score (nSPS) is 11.3. The molecular formula is C15H19N7. The molecule has 2 aromatic rings. The monoisotopic (exact) mass is 297 g/mol. The predicted molar refractivity (Wildman–Crippen MR) is 87.3 cm³/mol. The van der Waals surface area contributed by atoms with Crippen molar-refractivity contribution in [1.29, 1.82) is 5.41 Å². The first-order valence-electron chi connectivity index (χ1n) is 6.71. The molecule has 0 amide bonds. The molecule has 2 rings (SSSR count). The van der Waals surface area contributed by atoms with Gasteiger partial charge < -0.3 is 16.0 Å². The lowest BCUT2D eigenvalue weighted by Gasteiger charge is -2.08. The van der Waals surface area contributed by atoms with Crippen LogP contribution in [0.3, 0.4) is 0 Å². The number of nitrogens with one attached hydrogen (secondary N) is 1. The van der Waals surface area contributed by atoms with Gasteiger partial charge in [0.1, 0.15) is 0 Å². The number of nitrogens with zero attached hydrogens (tertiary/aromatic N) is 4. The summed E-state index contributed by atoms with van der Waals surface area (Å²) < 4.78 is 1.72. The zero-order valence-corrected chi connectivity index (χ0v) is 12.8. The molecule has 0 saturated carbocycles. The molecular weight excluding hydrogens is 278 g/mol. The van der Waals surface area contributed by atoms with Crippen molar-refractivity contribution in [3.63, 3.8) is 0 Å². The van der Waals surface area contributed by atoms with Gasteiger partial charge in [0.05, 0.1) is 11.4 Å². The highest BCUT2D eigenvalue weighted by Crippen LogP contribution is 2.18. The highest BCUT2D eigenvalue weighted by Gasteiger charge is 2.05. The molecule has 0 unspecified atom stereocenters. The Morgan fingerprint density at radius 1 is 1.23 bits per heavy atom. The first-order chi connectivity index (χ1) is 10.4. The third kappa shape index (κ3) is 3.38. The third-order valence-corrected chi connectivity index (χ3v) is 3.31. The second kappa shape index (κ2) is 6.21. The van der Waals surface area contributed by atoms with Gasteiger partial charge in [0.15, 0.2) is 0 Å². The Morgan fingerprint density at radius 2 is 1.95 bits per heavy atom. The minimum atomic E-state index is -0.0813. The highest BCUT2D eigenvalue weighted by atomic mass is 15.3. The molecule has 0 aliphatic carbocycles. The van der Waals surface area contributed by atoms with E-state index in [9.17, 15) is 0 Å². The summed E-state index contributed by atoms with van der Waals surface area (Å²) in [5.74, 6) is -0.0813. The number of aromatic nitrogens is 2. The SMILES string of the molecule is C/C(=N\N=C(N)N)c1cccc(-c2cc(C)n(C)c(=N)n2)c1. The third-order valence-electron chi connectivity index (χ3n) is 3.31. The Balaban J connectivity index is 2.47. The van der Waals surface area contributed by atoms with E-state index in [0.29, 0.717) is 5.71 Å². The van der Waals surface area contributed by atoms with Gasteiger partial charge in [0.25, 0.3) is 0 Å². The molecule has 22 heavy (non-hydrogen) atoms. The van der Waals surface area contributed by atoms with Crippen molar-refractivity contribution >= 4 is 11.7 Å². The number of nitrogens with two attached hydrogens (primary N) is 2. The molecule has 0 saturated heterocycles. The topological polar surface area (TPSA) is 118 Å². The van der Waals surface area contributed by atoms with Crippen molar-refractivity contribution in [2.45, 2.75) is 13.8 Å². The van der Waals surface area contributed by atoms with Gasteiger partial charge >= 0.3 is 0 Å². The number of benzene rings is 1. The molecule has 0 radical (unpaired) electrons. The van der Waals surface area contributed by atoms with Crippen LogP contribution in [0.5, 0.6) is 0 Å². The number of guanidine groups is 1. The fraction of sp³-hybridized carbons (Fsp3) is 0.200. The van der Waals surface area contributed by atoms with Gasteiger partial charge in [-0.15, -0.1) is 5.10 Å². The lowest BCUT2D eigenvalue weighted by molar-refractivity contribution is 0.736. The smallest absolute Gasteiger partial charge is 0.222 e. The molecule has 114 valence electrons. The van der Waals surface area contributed by atoms with Crippen molar-refractivity contribution in [2.75, 3.05) is 0 Å². The van der Waals surface area contributed by atoms with Gasteiger partial charge in [0.2, 0.25) is 11.6 Å². The summed E-state index contributed by atoms with van der Waals surface area (Å²) >= 11 is 0. The highest BCUT2D eigenvalue weighted by molar-refractivity contribution is 5.99. The van der Waals surface area contributed by atoms with Gasteiger partial charge in [-0.05, 0) is 31.5 Å². The van der Waals surface area contributed by atoms with E-state index in [-0.39, 0.29) is 11.6 Å². The van der Waals surface area contributed by atoms with Crippen LogP contribution in [0.4, 0.5) is 0 Å². The maximum atomic E-state index is 7.88. The van der Waals surface area contributed by atoms with Crippen LogP contribution in [0.2, 0.25) is 0 Å². The van der Waals surface area contributed by atoms with Crippen LogP contribution in [0.15, 0.2) is 40.5 Å². The first-order valence-corrected chi connectivity index (χ1v) is 6.71. The minimum absolute atomic E-state index is 0.0813. The molecule has 5 N–H and O–H groups in total. The molecule has 0 atom stereocenters. The van der Waals surface area contributed by atoms with E-state index in [1.165, 1.54) is 0 Å². The fourth-order valence-corrected chi connectivity index (χ4v) is 1.93. The maximum Gasteiger partial charge on any atom is 0.222 e. The average molecular weight is 297 g/mol. The van der Waals surface area contributed by atoms with Crippen LogP contribution in [0, 0.1) is 12.3 Å². The zero-order valence-electron chi connectivity index (χ0n) is 12.8. The van der Waals surface area contributed by atoms with Crippen molar-refractivity contribution < 1.29 is 0 Å². The van der Waals surface area contributed by atoms with E-state index < -0.39 is 0 Å². The van der Waals surface area contributed by atoms with E-state index in [4.69, 9.17) is 16.9 Å². The average Bonchev–Trinajstić information content (AvgIpc) is 2.49. The molecule has 0 aliphatic rings. The molecule has 7 heteroatoms. The van der Waals surface area contributed by atoms with Crippen molar-refractivity contribution in [3.8, 4) is 11.3 Å². The summed E-state index contributed by atoms with van der Waals surface area (Å²) in [6.07, 6.45) is 0. The molecule has 1 aromatic carbocycles. The largest absolute Gasteiger partial charge is 0.369 e. The quantitative estimate of drug-likeness (QED) is 0.443. The molecule has 0 spiro atoms. The number of aryl methyl sites for hydroxylation is 1. The Hall–Kier alpha value is -2.96. The second-order valence-corrected chi connectivity index (χ2v) is 4.96. The van der Waals surface area contributed by atoms with E-state index in [1.807, 2.05) is 51.2 Å². The second-order valence-electron chi connectivity index (χ2n) is 4.96. The van der Waals surface area contributed by atoms with Crippen LogP contribution in [0.1, 0.15) is 18.2 Å². The van der Waals surface area contributed by atoms with Crippen LogP contribution in [0.25, 0.3) is 11.3 Å². The van der Waals surface area contributed by atoms with Crippen LogP contribution >= 0.6 is 0 Å². The van der Waals surface area contributed by atoms with Crippen LogP contribution < -0.4 is 17.1 Å². The molecule has 0 bridgehead atoms. The van der Waals surface area contributed by atoms with Crippen molar-refractivity contribution in [2.24, 2.45) is 28.7 Å². The van der Waals surface area contributed by atoms with Gasteiger partial charge in [-0.1, -0.05) is 18.2 Å². The molecule has 1 heterocycles. The number of hydrogen-bond donors (Lipinski definition) is 3. The minimum Gasteiger partial charge on any atom is -0.369 e. The Bertz CT molecular complexity index is 811. The van der Waals surface area contributed by atoms with E-state index in [1.54, 1.807) is 4.57 Å². The molecule has 0 fully saturated rings. The van der Waals surface area contributed by atoms with Gasteiger partial charge in [-0.3, -0.25) is 5.41 Å². The van der Waals surface area contributed by atoms with Gasteiger partial charge in [0, 0.05) is 18.3 Å². The standard InChI is InChI=1S/C15H19N7/c1-9-7-13(19-15(18)22(9)3)12-6-4-5-11(8-12)10(2)20-21-14(16)17/h4-8,18H,1-3H3,(H4,16,17,21)/b18-15?,20-10+. The van der Waals surface area contributed by atoms with E-state index >= 15 is 0 Å². The number of hydrogen-bond acceptors (Lipinski definition) is 4. The first kappa shape index (κ1) is 15.4. The van der Waals surface area contributed by atoms with Gasteiger partial charge in [-0.25, -0.2) is 4.98 Å². The maximum absolute atomic E-state index is 7.88. The Morgan fingerprint density at radius 3 is 2.59 bits per heavy atom. The van der Waals surface area contributed by atoms with Crippen LogP contribution in [-0.4, -0.2) is 21.2 Å². The zero-order chi connectivity index (χ0) is 16.3. The summed E-state index contributed by atoms with van der Waals surface area (Å²) in [6, 6.07) is 9.66. The Kier molecular flexibility index (Phi) is 4.36. The van der Waals surface area contributed by atoms with E-state index in [0.717, 1.165) is 22.5 Å². The lowest BCUT2D eigenvalue weighted by atomic mass is 10.0. The predicted octanol–water partition coefficient (Wildman–Crippen LogP) is 0.872. The number of rotatable bonds is 3. The summed E-state index contributed by atoms with van der Waals surface area (Å²) in [4.78, 5) is 4.30. The summed E-state index contributed by atoms with van der Waals surface area (Å²) in [5.41, 5.74) is 15.0. The van der Waals surface area contributed by atoms with Crippen molar-refractivity contribution in [1.82, 2.24) is 9.55 Å². The lowest BCUT2D eigenvalue weighted by Crippen LogP contribution is -2.22. The fourth-order valence-electron chi connectivity index (χ4n) is 1.93. The molecule has 0 aliphatic heterocycles. The van der Waals surface area contributed by atoms with Crippen LogP contribution in [-0.2, 0) is 7.05 Å². The summed E-state index contributed by atoms with van der Waals surface area (Å²) in [7, 11) is 1.82. The van der Waals surface area contributed by atoms with Gasteiger partial charge in [-0.2, -0.15) is 5.10 Å². The Labute approximate surface area is 128 Å². The van der Waals surface area contributed by atoms with Crippen molar-refractivity contribution in [3.05, 3.63) is 47.2 Å². The molecule has 7 nitrogen and oxygen atoms in total. The molecule has 1 aromatic heterocycles.